The van der Waals surface area contributed by atoms with Crippen molar-refractivity contribution in [1.29, 1.82) is 0 Å². The molecule has 1 aromatic rings. The summed E-state index contributed by atoms with van der Waals surface area (Å²) < 4.78 is 0.626. The van der Waals surface area contributed by atoms with Crippen LogP contribution in [0.1, 0.15) is 6.92 Å². The molecule has 0 atom stereocenters. The van der Waals surface area contributed by atoms with E-state index >= 15 is 0 Å². The Hall–Kier alpha value is -1.05. The minimum Gasteiger partial charge on any atom is -0.314 e. The summed E-state index contributed by atoms with van der Waals surface area (Å²) in [6.07, 6.45) is 1.46. The molecule has 0 bridgehead atoms. The van der Waals surface area contributed by atoms with Gasteiger partial charge in [0.25, 0.3) is 5.91 Å². The summed E-state index contributed by atoms with van der Waals surface area (Å²) in [6, 6.07) is 1.66. The number of nitrogens with zero attached hydrogens (tertiary/aromatic N) is 1. The molecule has 0 unspecified atom stereocenters. The number of anilines is 1. The van der Waals surface area contributed by atoms with Gasteiger partial charge >= 0.3 is 0 Å². The zero-order valence-electron chi connectivity index (χ0n) is 7.27. The molecule has 0 radical (unpaired) electrons. The number of hydrogen-bond donors (Lipinski definition) is 1. The molecule has 0 aliphatic rings. The molecule has 72 valence electrons. The molecule has 0 spiro atoms. The molecule has 14 heavy (non-hydrogen) atoms. The third-order valence-corrected chi connectivity index (χ3v) is 2.43. The first-order chi connectivity index (χ1) is 6.63. The van der Waals surface area contributed by atoms with Crippen molar-refractivity contribution >= 4 is 39.1 Å². The van der Waals surface area contributed by atoms with Gasteiger partial charge in [-0.1, -0.05) is 17.5 Å². The van der Waals surface area contributed by atoms with Crippen LogP contribution in [-0.4, -0.2) is 10.9 Å². The van der Waals surface area contributed by atoms with Gasteiger partial charge in [-0.15, -0.1) is 0 Å². The number of nitrogens with one attached hydrogen (secondary N) is 1. The number of aromatic nitrogens is 1. The van der Waals surface area contributed by atoms with Gasteiger partial charge in [-0.05, 0) is 34.8 Å². The van der Waals surface area contributed by atoms with Crippen molar-refractivity contribution in [2.24, 2.45) is 0 Å². The molecule has 5 heteroatoms. The number of amides is 1. The van der Waals surface area contributed by atoms with Crippen LogP contribution in [0.15, 0.2) is 16.7 Å². The van der Waals surface area contributed by atoms with Crippen LogP contribution in [0, 0.1) is 11.8 Å². The highest BCUT2D eigenvalue weighted by atomic mass is 79.9. The van der Waals surface area contributed by atoms with E-state index < -0.39 is 0 Å². The molecule has 1 N–H and O–H groups in total. The van der Waals surface area contributed by atoms with Crippen LogP contribution in [0.25, 0.3) is 0 Å². The second-order valence-corrected chi connectivity index (χ2v) is 3.54. The zero-order chi connectivity index (χ0) is 10.6. The predicted octanol–water partition coefficient (Wildman–Crippen LogP) is 2.46. The maximum absolute atomic E-state index is 11.0. The molecule has 0 fully saturated rings. The van der Waals surface area contributed by atoms with Crippen molar-refractivity contribution in [2.45, 2.75) is 6.92 Å². The highest BCUT2D eigenvalue weighted by Crippen LogP contribution is 2.22. The van der Waals surface area contributed by atoms with Crippen LogP contribution >= 0.6 is 27.5 Å². The monoisotopic (exact) mass is 272 g/mol. The summed E-state index contributed by atoms with van der Waals surface area (Å²) in [6.45, 7) is 1.59. The fourth-order valence-corrected chi connectivity index (χ4v) is 1.22. The van der Waals surface area contributed by atoms with Crippen LogP contribution < -0.4 is 5.32 Å². The van der Waals surface area contributed by atoms with Gasteiger partial charge in [0.05, 0.1) is 16.4 Å². The second kappa shape index (κ2) is 4.99. The Balaban J connectivity index is 2.81. The smallest absolute Gasteiger partial charge is 0.300 e. The number of hydrogen-bond acceptors (Lipinski definition) is 2. The Bertz CT molecular complexity index is 423. The van der Waals surface area contributed by atoms with Crippen LogP contribution in [0.3, 0.4) is 0 Å². The van der Waals surface area contributed by atoms with E-state index in [1.165, 1.54) is 6.20 Å². The van der Waals surface area contributed by atoms with E-state index in [1.807, 2.05) is 0 Å². The number of pyridine rings is 1. The molecule has 1 amide bonds. The molecular formula is C9H6BrClN2O. The topological polar surface area (TPSA) is 42.0 Å². The van der Waals surface area contributed by atoms with Gasteiger partial charge in [0.1, 0.15) is 5.15 Å². The molecule has 1 aromatic heterocycles. The molecule has 0 aliphatic heterocycles. The lowest BCUT2D eigenvalue weighted by Gasteiger charge is -2.01. The third kappa shape index (κ3) is 3.02. The van der Waals surface area contributed by atoms with Crippen LogP contribution in [0.4, 0.5) is 5.69 Å². The lowest BCUT2D eigenvalue weighted by atomic mass is 10.4. The quantitative estimate of drug-likeness (QED) is 0.631. The van der Waals surface area contributed by atoms with Crippen LogP contribution in [0.5, 0.6) is 0 Å². The highest BCUT2D eigenvalue weighted by Gasteiger charge is 2.02. The lowest BCUT2D eigenvalue weighted by Crippen LogP contribution is -2.08. The van der Waals surface area contributed by atoms with Crippen molar-refractivity contribution < 1.29 is 4.79 Å². The molecule has 0 aromatic carbocycles. The van der Waals surface area contributed by atoms with E-state index in [2.05, 4.69) is 38.1 Å². The Morgan fingerprint density at radius 1 is 1.71 bits per heavy atom. The summed E-state index contributed by atoms with van der Waals surface area (Å²) >= 11 is 8.87. The summed E-state index contributed by atoms with van der Waals surface area (Å²) in [7, 11) is 0. The minimum atomic E-state index is -0.372. The maximum atomic E-state index is 11.0. The Kier molecular flexibility index (Phi) is 3.93. The minimum absolute atomic E-state index is 0.351. The first-order valence-corrected chi connectivity index (χ1v) is 4.85. The van der Waals surface area contributed by atoms with E-state index in [1.54, 1.807) is 13.0 Å². The van der Waals surface area contributed by atoms with E-state index in [-0.39, 0.29) is 5.91 Å². The number of halogens is 2. The van der Waals surface area contributed by atoms with Crippen LogP contribution in [0.2, 0.25) is 5.15 Å². The summed E-state index contributed by atoms with van der Waals surface area (Å²) in [5.41, 5.74) is 0.550. The lowest BCUT2D eigenvalue weighted by molar-refractivity contribution is -0.111. The van der Waals surface area contributed by atoms with Gasteiger partial charge in [0.15, 0.2) is 0 Å². The fraction of sp³-hybridized carbons (Fsp3) is 0.111. The summed E-state index contributed by atoms with van der Waals surface area (Å²) in [5.74, 6) is 4.47. The van der Waals surface area contributed by atoms with E-state index in [4.69, 9.17) is 11.6 Å². The van der Waals surface area contributed by atoms with Gasteiger partial charge in [-0.2, -0.15) is 0 Å². The summed E-state index contributed by atoms with van der Waals surface area (Å²) in [5, 5.41) is 2.90. The van der Waals surface area contributed by atoms with Gasteiger partial charge in [-0.3, -0.25) is 4.79 Å². The average Bonchev–Trinajstić information content (AvgIpc) is 2.12. The first-order valence-electron chi connectivity index (χ1n) is 3.68. The predicted molar refractivity (Wildman–Crippen MR) is 59.0 cm³/mol. The van der Waals surface area contributed by atoms with Crippen molar-refractivity contribution in [1.82, 2.24) is 4.98 Å². The maximum Gasteiger partial charge on any atom is 0.300 e. The Morgan fingerprint density at radius 3 is 3.00 bits per heavy atom. The Labute approximate surface area is 95.0 Å². The van der Waals surface area contributed by atoms with Crippen molar-refractivity contribution in [2.75, 3.05) is 5.32 Å². The molecular weight excluding hydrogens is 267 g/mol. The average molecular weight is 274 g/mol. The van der Waals surface area contributed by atoms with Crippen LogP contribution in [-0.2, 0) is 4.79 Å². The largest absolute Gasteiger partial charge is 0.314 e. The van der Waals surface area contributed by atoms with Crippen molar-refractivity contribution in [3.63, 3.8) is 0 Å². The molecule has 0 saturated carbocycles. The standard InChI is InChI=1S/C9H6BrClN2O/c1-2-3-8(14)13-6-4-7(10)9(11)12-5-6/h4-5H,1H3,(H,13,14). The molecule has 0 saturated heterocycles. The van der Waals surface area contributed by atoms with E-state index in [0.717, 1.165) is 0 Å². The first kappa shape index (κ1) is 11.0. The SMILES string of the molecule is CC#CC(=O)Nc1cnc(Cl)c(Br)c1. The third-order valence-electron chi connectivity index (χ3n) is 1.29. The second-order valence-electron chi connectivity index (χ2n) is 2.33. The highest BCUT2D eigenvalue weighted by molar-refractivity contribution is 9.10. The normalized spacial score (nSPS) is 8.79. The number of carbonyl (C=O) groups excluding carboxylic acids is 1. The number of rotatable bonds is 1. The fourth-order valence-electron chi connectivity index (χ4n) is 0.765. The zero-order valence-corrected chi connectivity index (χ0v) is 9.61. The Morgan fingerprint density at radius 2 is 2.43 bits per heavy atom. The van der Waals surface area contributed by atoms with Gasteiger partial charge in [0.2, 0.25) is 0 Å². The molecule has 3 nitrogen and oxygen atoms in total. The van der Waals surface area contributed by atoms with Crippen molar-refractivity contribution in [3.8, 4) is 11.8 Å². The molecule has 1 heterocycles. The van der Waals surface area contributed by atoms with Gasteiger partial charge in [-0.25, -0.2) is 4.98 Å². The van der Waals surface area contributed by atoms with Gasteiger partial charge in [0, 0.05) is 0 Å². The van der Waals surface area contributed by atoms with Crippen molar-refractivity contribution in [3.05, 3.63) is 21.9 Å². The van der Waals surface area contributed by atoms with E-state index in [0.29, 0.717) is 15.3 Å². The van der Waals surface area contributed by atoms with Gasteiger partial charge < -0.3 is 5.32 Å². The van der Waals surface area contributed by atoms with E-state index in [9.17, 15) is 4.79 Å². The number of carbonyl (C=O) groups is 1. The molecule has 1 rings (SSSR count). The summed E-state index contributed by atoms with van der Waals surface area (Å²) in [4.78, 5) is 14.9. The molecule has 0 aliphatic carbocycles.